The van der Waals surface area contributed by atoms with Crippen molar-refractivity contribution in [2.24, 2.45) is 0 Å². The Morgan fingerprint density at radius 2 is 1.75 bits per heavy atom. The zero-order chi connectivity index (χ0) is 28.9. The van der Waals surface area contributed by atoms with Crippen molar-refractivity contribution < 1.29 is 27.1 Å². The SMILES string of the molecule is CC(=O)N(c1ccc(I)cc1)[C@@H]1C[C@H](C)N(C(=O)c2ccc(OCCCNS(=O)(=O)CF)cc2)c2ccccc21. The smallest absolute Gasteiger partial charge is 0.258 e. The van der Waals surface area contributed by atoms with Crippen LogP contribution < -0.4 is 19.3 Å². The van der Waals surface area contributed by atoms with Gasteiger partial charge in [-0.2, -0.15) is 0 Å². The van der Waals surface area contributed by atoms with Crippen molar-refractivity contribution in [1.29, 1.82) is 0 Å². The number of rotatable bonds is 10. The summed E-state index contributed by atoms with van der Waals surface area (Å²) in [5.41, 5.74) is 2.98. The Kier molecular flexibility index (Phi) is 9.80. The fraction of sp³-hybridized carbons (Fsp3) is 0.310. The Morgan fingerprint density at radius 1 is 1.07 bits per heavy atom. The third-order valence-corrected chi connectivity index (χ3v) is 8.34. The molecule has 0 saturated carbocycles. The van der Waals surface area contributed by atoms with Gasteiger partial charge < -0.3 is 14.5 Å². The maximum Gasteiger partial charge on any atom is 0.258 e. The first-order chi connectivity index (χ1) is 19.1. The lowest BCUT2D eigenvalue weighted by Crippen LogP contribution is -2.47. The molecule has 0 fully saturated rings. The van der Waals surface area contributed by atoms with Crippen LogP contribution in [0.5, 0.6) is 5.75 Å². The number of amides is 2. The molecule has 3 aromatic rings. The van der Waals surface area contributed by atoms with Crippen LogP contribution in [0.4, 0.5) is 15.8 Å². The third kappa shape index (κ3) is 6.99. The molecule has 2 atom stereocenters. The van der Waals surface area contributed by atoms with Crippen LogP contribution in [0.2, 0.25) is 0 Å². The fourth-order valence-electron chi connectivity index (χ4n) is 4.88. The number of nitrogens with one attached hydrogen (secondary N) is 1. The van der Waals surface area contributed by atoms with Gasteiger partial charge in [0.05, 0.1) is 12.6 Å². The molecule has 1 aliphatic heterocycles. The number of halogens is 2. The van der Waals surface area contributed by atoms with Crippen LogP contribution in [0.15, 0.2) is 72.8 Å². The molecule has 1 aliphatic rings. The zero-order valence-corrected chi connectivity index (χ0v) is 25.2. The number of anilines is 2. The van der Waals surface area contributed by atoms with Gasteiger partial charge in [0.2, 0.25) is 21.9 Å². The average Bonchev–Trinajstić information content (AvgIpc) is 2.94. The molecule has 11 heteroatoms. The Balaban J connectivity index is 1.50. The third-order valence-electron chi connectivity index (χ3n) is 6.69. The first-order valence-corrected chi connectivity index (χ1v) is 15.6. The van der Waals surface area contributed by atoms with Crippen molar-refractivity contribution in [1.82, 2.24) is 4.72 Å². The summed E-state index contributed by atoms with van der Waals surface area (Å²) >= 11 is 2.24. The van der Waals surface area contributed by atoms with E-state index < -0.39 is 16.0 Å². The quantitative estimate of drug-likeness (QED) is 0.228. The second-order valence-electron chi connectivity index (χ2n) is 9.54. The van der Waals surface area contributed by atoms with Gasteiger partial charge in [-0.25, -0.2) is 17.5 Å². The molecule has 1 N–H and O–H groups in total. The summed E-state index contributed by atoms with van der Waals surface area (Å²) in [6, 6.07) is 20.4. The van der Waals surface area contributed by atoms with Crippen molar-refractivity contribution in [2.45, 2.75) is 38.8 Å². The van der Waals surface area contributed by atoms with E-state index in [1.54, 1.807) is 36.1 Å². The summed E-state index contributed by atoms with van der Waals surface area (Å²) in [4.78, 5) is 30.2. The fourth-order valence-corrected chi connectivity index (χ4v) is 5.77. The van der Waals surface area contributed by atoms with Gasteiger partial charge >= 0.3 is 0 Å². The molecular weight excluding hydrogens is 648 g/mol. The highest BCUT2D eigenvalue weighted by molar-refractivity contribution is 14.1. The molecular formula is C29H31FIN3O5S. The van der Waals surface area contributed by atoms with Crippen LogP contribution in [-0.2, 0) is 14.8 Å². The van der Waals surface area contributed by atoms with Gasteiger partial charge in [0.25, 0.3) is 5.91 Å². The predicted octanol–water partition coefficient (Wildman–Crippen LogP) is 5.44. The van der Waals surface area contributed by atoms with Crippen LogP contribution in [0.25, 0.3) is 0 Å². The number of hydrogen-bond acceptors (Lipinski definition) is 5. The Labute approximate surface area is 247 Å². The maximum absolute atomic E-state index is 13.7. The monoisotopic (exact) mass is 679 g/mol. The van der Waals surface area contributed by atoms with E-state index >= 15 is 0 Å². The molecule has 0 radical (unpaired) electrons. The summed E-state index contributed by atoms with van der Waals surface area (Å²) in [7, 11) is -3.88. The van der Waals surface area contributed by atoms with E-state index in [4.69, 9.17) is 4.74 Å². The summed E-state index contributed by atoms with van der Waals surface area (Å²) in [5, 5.41) is 0. The molecule has 4 rings (SSSR count). The van der Waals surface area contributed by atoms with E-state index in [0.717, 1.165) is 20.5 Å². The number of fused-ring (bicyclic) bond motifs is 1. The minimum atomic E-state index is -3.88. The van der Waals surface area contributed by atoms with E-state index in [1.807, 2.05) is 60.4 Å². The Hall–Kier alpha value is -3.03. The standard InChI is InChI=1S/C29H31FIN3O5S/c1-20-18-28(34(21(2)35)24-12-10-23(31)11-13-24)26-6-3-4-7-27(26)33(20)29(36)22-8-14-25(15-9-22)39-17-5-16-32-40(37,38)19-30/h3-4,6-15,20,28,32H,5,16-19H2,1-2H3/t20-,28+/m0/s1. The Morgan fingerprint density at radius 3 is 2.40 bits per heavy atom. The van der Waals surface area contributed by atoms with E-state index in [1.165, 1.54) is 0 Å². The molecule has 0 aromatic heterocycles. The van der Waals surface area contributed by atoms with Gasteiger partial charge in [0.15, 0.2) is 0 Å². The zero-order valence-electron chi connectivity index (χ0n) is 22.2. The van der Waals surface area contributed by atoms with Gasteiger partial charge in [-0.05, 0) is 103 Å². The number of alkyl halides is 1. The lowest BCUT2D eigenvalue weighted by Gasteiger charge is -2.43. The largest absolute Gasteiger partial charge is 0.494 e. The highest BCUT2D eigenvalue weighted by Gasteiger charge is 2.38. The van der Waals surface area contributed by atoms with Gasteiger partial charge in [0, 0.05) is 40.0 Å². The number of para-hydroxylation sites is 1. The summed E-state index contributed by atoms with van der Waals surface area (Å²) < 4.78 is 43.5. The van der Waals surface area contributed by atoms with E-state index in [0.29, 0.717) is 24.2 Å². The van der Waals surface area contributed by atoms with Crippen LogP contribution >= 0.6 is 22.6 Å². The van der Waals surface area contributed by atoms with E-state index in [-0.39, 0.29) is 37.0 Å². The van der Waals surface area contributed by atoms with Gasteiger partial charge in [-0.3, -0.25) is 9.59 Å². The molecule has 0 spiro atoms. The van der Waals surface area contributed by atoms with E-state index in [9.17, 15) is 22.4 Å². The lowest BCUT2D eigenvalue weighted by atomic mass is 9.89. The molecule has 0 bridgehead atoms. The normalized spacial score (nSPS) is 16.8. The summed E-state index contributed by atoms with van der Waals surface area (Å²) in [6.07, 6.45) is 0.935. The number of carbonyl (C=O) groups is 2. The molecule has 212 valence electrons. The number of carbonyl (C=O) groups excluding carboxylic acids is 2. The first kappa shape index (κ1) is 29.9. The topological polar surface area (TPSA) is 96.0 Å². The van der Waals surface area contributed by atoms with Crippen molar-refractivity contribution >= 4 is 55.8 Å². The van der Waals surface area contributed by atoms with Crippen LogP contribution in [0, 0.1) is 3.57 Å². The highest BCUT2D eigenvalue weighted by Crippen LogP contribution is 2.42. The Bertz CT molecular complexity index is 1450. The number of nitrogens with zero attached hydrogens (tertiary/aromatic N) is 2. The van der Waals surface area contributed by atoms with E-state index in [2.05, 4.69) is 27.3 Å². The second-order valence-corrected chi connectivity index (χ2v) is 12.5. The molecule has 0 saturated heterocycles. The minimum absolute atomic E-state index is 0.0663. The number of benzene rings is 3. The van der Waals surface area contributed by atoms with Crippen LogP contribution in [0.1, 0.15) is 48.7 Å². The number of hydrogen-bond donors (Lipinski definition) is 1. The summed E-state index contributed by atoms with van der Waals surface area (Å²) in [5.74, 6) is 0.310. The van der Waals surface area contributed by atoms with Gasteiger partial charge in [-0.1, -0.05) is 18.2 Å². The highest BCUT2D eigenvalue weighted by atomic mass is 127. The van der Waals surface area contributed by atoms with Crippen LogP contribution in [-0.4, -0.2) is 45.4 Å². The number of sulfonamides is 1. The molecule has 3 aromatic carbocycles. The molecule has 0 unspecified atom stereocenters. The molecule has 2 amide bonds. The molecule has 40 heavy (non-hydrogen) atoms. The lowest BCUT2D eigenvalue weighted by molar-refractivity contribution is -0.117. The molecule has 8 nitrogen and oxygen atoms in total. The second kappa shape index (κ2) is 13.1. The van der Waals surface area contributed by atoms with Gasteiger partial charge in [-0.15, -0.1) is 0 Å². The number of ether oxygens (including phenoxy) is 1. The van der Waals surface area contributed by atoms with Crippen LogP contribution in [0.3, 0.4) is 0 Å². The molecule has 0 aliphatic carbocycles. The average molecular weight is 680 g/mol. The van der Waals surface area contributed by atoms with Crippen molar-refractivity contribution in [3.05, 3.63) is 87.5 Å². The minimum Gasteiger partial charge on any atom is -0.494 e. The van der Waals surface area contributed by atoms with Crippen molar-refractivity contribution in [2.75, 3.05) is 29.0 Å². The maximum atomic E-state index is 13.7. The van der Waals surface area contributed by atoms with Crippen molar-refractivity contribution in [3.8, 4) is 5.75 Å². The summed E-state index contributed by atoms with van der Waals surface area (Å²) in [6.45, 7) is 3.85. The van der Waals surface area contributed by atoms with Crippen molar-refractivity contribution in [3.63, 3.8) is 0 Å². The predicted molar refractivity (Wildman–Crippen MR) is 162 cm³/mol. The van der Waals surface area contributed by atoms with Gasteiger partial charge in [0.1, 0.15) is 5.75 Å². The molecule has 1 heterocycles. The first-order valence-electron chi connectivity index (χ1n) is 12.9.